The van der Waals surface area contributed by atoms with Crippen molar-refractivity contribution in [3.05, 3.63) is 59.9 Å². The third-order valence-corrected chi connectivity index (χ3v) is 6.40. The van der Waals surface area contributed by atoms with Crippen molar-refractivity contribution in [2.45, 2.75) is 56.1 Å². The molecule has 1 aromatic heterocycles. The largest absolute Gasteiger partial charge is 0.490 e. The van der Waals surface area contributed by atoms with Crippen LogP contribution in [0.5, 0.6) is 5.75 Å². The average molecular weight is 594 g/mol. The first-order valence-electron chi connectivity index (χ1n) is 12.3. The number of carbonyl (C=O) groups excluding carboxylic acids is 1. The summed E-state index contributed by atoms with van der Waals surface area (Å²) in [5.41, 5.74) is 2.27. The summed E-state index contributed by atoms with van der Waals surface area (Å²) in [6.45, 7) is 2.94. The lowest BCUT2D eigenvalue weighted by Crippen LogP contribution is -2.50. The first-order chi connectivity index (χ1) is 19.1. The molecule has 1 amide bonds. The van der Waals surface area contributed by atoms with Gasteiger partial charge in [0.2, 0.25) is 5.91 Å². The molecule has 2 aliphatic rings. The van der Waals surface area contributed by atoms with Gasteiger partial charge in [-0.15, -0.1) is 0 Å². The molecule has 1 atom stereocenters. The molecule has 1 unspecified atom stereocenters. The predicted octanol–water partition coefficient (Wildman–Crippen LogP) is 4.39. The summed E-state index contributed by atoms with van der Waals surface area (Å²) in [6, 6.07) is 12.3. The molecule has 3 N–H and O–H groups in total. The molecular weight excluding hydrogens is 564 g/mol. The van der Waals surface area contributed by atoms with Crippen LogP contribution in [0.2, 0.25) is 0 Å². The number of benzene rings is 1. The maximum absolute atomic E-state index is 12.1. The highest BCUT2D eigenvalue weighted by Gasteiger charge is 2.43. The smallest absolute Gasteiger partial charge is 0.487 e. The van der Waals surface area contributed by atoms with Crippen molar-refractivity contribution >= 4 is 17.8 Å². The third-order valence-electron chi connectivity index (χ3n) is 6.40. The number of halogens is 6. The molecule has 15 heteroatoms. The molecule has 0 radical (unpaired) electrons. The van der Waals surface area contributed by atoms with E-state index in [4.69, 9.17) is 24.5 Å². The molecule has 4 rings (SSSR count). The molecule has 41 heavy (non-hydrogen) atoms. The van der Waals surface area contributed by atoms with Gasteiger partial charge in [-0.1, -0.05) is 24.3 Å². The number of hydrogen-bond donors (Lipinski definition) is 3. The molecule has 1 fully saturated rings. The second-order valence-electron chi connectivity index (χ2n) is 9.34. The van der Waals surface area contributed by atoms with Crippen LogP contribution >= 0.6 is 0 Å². The van der Waals surface area contributed by atoms with Crippen LogP contribution in [0.25, 0.3) is 0 Å². The third kappa shape index (κ3) is 10.6. The fourth-order valence-electron chi connectivity index (χ4n) is 4.43. The van der Waals surface area contributed by atoms with E-state index in [-0.39, 0.29) is 17.4 Å². The van der Waals surface area contributed by atoms with Gasteiger partial charge >= 0.3 is 24.3 Å². The molecule has 1 spiro atoms. The lowest BCUT2D eigenvalue weighted by molar-refractivity contribution is -0.193. The van der Waals surface area contributed by atoms with E-state index in [0.29, 0.717) is 6.42 Å². The number of aliphatic carboxylic acids is 2. The molecule has 2 aliphatic heterocycles. The maximum Gasteiger partial charge on any atom is 0.490 e. The number of carboxylic acid groups (broad SMARTS) is 2. The molecule has 1 saturated heterocycles. The Balaban J connectivity index is 0.000000349. The number of carbonyl (C=O) groups is 3. The van der Waals surface area contributed by atoms with Crippen molar-refractivity contribution in [3.63, 3.8) is 0 Å². The van der Waals surface area contributed by atoms with Gasteiger partial charge in [-0.2, -0.15) is 26.3 Å². The summed E-state index contributed by atoms with van der Waals surface area (Å²) >= 11 is 0. The Hall–Kier alpha value is -3.88. The summed E-state index contributed by atoms with van der Waals surface area (Å²) in [4.78, 5) is 36.5. The van der Waals surface area contributed by atoms with Crippen LogP contribution in [0.4, 0.5) is 26.3 Å². The average Bonchev–Trinajstić information content (AvgIpc) is 2.90. The maximum atomic E-state index is 12.1. The van der Waals surface area contributed by atoms with Crippen LogP contribution in [0.3, 0.4) is 0 Å². The molecule has 226 valence electrons. The number of nitrogens with one attached hydrogen (secondary N) is 1. The van der Waals surface area contributed by atoms with E-state index in [1.165, 1.54) is 11.1 Å². The number of ether oxygens (including phenoxy) is 1. The summed E-state index contributed by atoms with van der Waals surface area (Å²) in [5, 5.41) is 17.0. The van der Waals surface area contributed by atoms with E-state index in [1.807, 2.05) is 30.6 Å². The number of rotatable bonds is 4. The Bertz CT molecular complexity index is 1140. The van der Waals surface area contributed by atoms with Crippen LogP contribution < -0.4 is 10.1 Å². The summed E-state index contributed by atoms with van der Waals surface area (Å²) in [7, 11) is 1.71. The second kappa shape index (κ2) is 14.1. The Kier molecular flexibility index (Phi) is 11.5. The molecule has 9 nitrogen and oxygen atoms in total. The predicted molar refractivity (Wildman–Crippen MR) is 132 cm³/mol. The summed E-state index contributed by atoms with van der Waals surface area (Å²) < 4.78 is 70.0. The van der Waals surface area contributed by atoms with Crippen LogP contribution in [-0.2, 0) is 20.9 Å². The fourth-order valence-corrected chi connectivity index (χ4v) is 4.43. The molecule has 2 aromatic rings. The van der Waals surface area contributed by atoms with E-state index in [2.05, 4.69) is 33.4 Å². The number of carboxylic acids is 2. The van der Waals surface area contributed by atoms with Crippen molar-refractivity contribution in [3.8, 4) is 5.75 Å². The zero-order valence-corrected chi connectivity index (χ0v) is 21.8. The Labute approximate surface area is 231 Å². The van der Waals surface area contributed by atoms with Gasteiger partial charge in [0.15, 0.2) is 0 Å². The molecule has 1 aromatic carbocycles. The summed E-state index contributed by atoms with van der Waals surface area (Å²) in [5.74, 6) is -4.24. The lowest BCUT2D eigenvalue weighted by atomic mass is 9.76. The molecular formula is C26H29F6N3O6. The van der Waals surface area contributed by atoms with E-state index in [1.54, 1.807) is 7.05 Å². The van der Waals surface area contributed by atoms with E-state index in [9.17, 15) is 31.1 Å². The second-order valence-corrected chi connectivity index (χ2v) is 9.34. The molecule has 3 heterocycles. The monoisotopic (exact) mass is 593 g/mol. The normalized spacial score (nSPS) is 17.9. The highest BCUT2D eigenvalue weighted by atomic mass is 19.4. The van der Waals surface area contributed by atoms with Gasteiger partial charge in [0.1, 0.15) is 11.4 Å². The van der Waals surface area contributed by atoms with E-state index < -0.39 is 24.3 Å². The van der Waals surface area contributed by atoms with E-state index in [0.717, 1.165) is 44.6 Å². The van der Waals surface area contributed by atoms with Gasteiger partial charge in [-0.3, -0.25) is 14.7 Å². The van der Waals surface area contributed by atoms with E-state index >= 15 is 0 Å². The molecule has 0 aliphatic carbocycles. The highest BCUT2D eigenvalue weighted by Crippen LogP contribution is 2.46. The van der Waals surface area contributed by atoms with Gasteiger partial charge in [0.05, 0.1) is 0 Å². The Morgan fingerprint density at radius 1 is 1.00 bits per heavy atom. The minimum Gasteiger partial charge on any atom is -0.487 e. The first kappa shape index (κ1) is 33.3. The SMILES string of the molecule is CNC(=O)CC1CC2(CCN(Cc3cccnc3)CC2)Oc2ccccc21.O=C(O)C(F)(F)F.O=C(O)C(F)(F)F. The quantitative estimate of drug-likeness (QED) is 0.446. The minimum absolute atomic E-state index is 0.0980. The number of likely N-dealkylation sites (tertiary alicyclic amines) is 1. The van der Waals surface area contributed by atoms with Crippen LogP contribution in [0.15, 0.2) is 48.8 Å². The standard InChI is InChI=1S/C22H27N3O2.2C2HF3O2/c1-23-21(26)13-18-14-22(27-20-7-3-2-6-19(18)20)8-11-25(12-9-22)16-17-5-4-10-24-15-17;2*3-2(4,5)1(6)7/h2-7,10,15,18H,8-9,11-14,16H2,1H3,(H,23,26);2*(H,6,7). The molecule has 0 saturated carbocycles. The summed E-state index contributed by atoms with van der Waals surface area (Å²) in [6.07, 6.45) is -2.99. The lowest BCUT2D eigenvalue weighted by Gasteiger charge is -2.47. The highest BCUT2D eigenvalue weighted by molar-refractivity contribution is 5.76. The van der Waals surface area contributed by atoms with Gasteiger partial charge < -0.3 is 20.3 Å². The minimum atomic E-state index is -5.08. The number of amides is 1. The number of alkyl halides is 6. The van der Waals surface area contributed by atoms with Crippen molar-refractivity contribution in [2.24, 2.45) is 0 Å². The van der Waals surface area contributed by atoms with Crippen molar-refractivity contribution < 1.29 is 55.7 Å². The van der Waals surface area contributed by atoms with Crippen LogP contribution in [0, 0.1) is 0 Å². The number of hydrogen-bond acceptors (Lipinski definition) is 6. The van der Waals surface area contributed by atoms with Crippen LogP contribution in [0.1, 0.15) is 42.7 Å². The topological polar surface area (TPSA) is 129 Å². The number of para-hydroxylation sites is 1. The van der Waals surface area contributed by atoms with Gasteiger partial charge in [-0.25, -0.2) is 9.59 Å². The van der Waals surface area contributed by atoms with Crippen LogP contribution in [-0.4, -0.2) is 76.0 Å². The number of nitrogens with zero attached hydrogens (tertiary/aromatic N) is 2. The van der Waals surface area contributed by atoms with Gasteiger partial charge in [-0.05, 0) is 42.5 Å². The number of fused-ring (bicyclic) bond motifs is 1. The zero-order chi connectivity index (χ0) is 30.8. The number of piperidine rings is 1. The van der Waals surface area contributed by atoms with Gasteiger partial charge in [0.25, 0.3) is 0 Å². The fraction of sp³-hybridized carbons (Fsp3) is 0.462. The zero-order valence-electron chi connectivity index (χ0n) is 21.8. The molecule has 0 bridgehead atoms. The Morgan fingerprint density at radius 2 is 1.56 bits per heavy atom. The number of aromatic nitrogens is 1. The van der Waals surface area contributed by atoms with Crippen molar-refractivity contribution in [1.29, 1.82) is 0 Å². The Morgan fingerprint density at radius 3 is 2.05 bits per heavy atom. The van der Waals surface area contributed by atoms with Gasteiger partial charge in [0, 0.05) is 51.4 Å². The first-order valence-corrected chi connectivity index (χ1v) is 12.3. The van der Waals surface area contributed by atoms with Crippen molar-refractivity contribution in [1.82, 2.24) is 15.2 Å². The number of pyridine rings is 1. The van der Waals surface area contributed by atoms with Crippen molar-refractivity contribution in [2.75, 3.05) is 20.1 Å².